The van der Waals surface area contributed by atoms with Crippen molar-refractivity contribution < 1.29 is 14.0 Å². The average Bonchev–Trinajstić information content (AvgIpc) is 3.33. The fourth-order valence-electron chi connectivity index (χ4n) is 3.03. The van der Waals surface area contributed by atoms with Crippen molar-refractivity contribution in [3.63, 3.8) is 0 Å². The van der Waals surface area contributed by atoms with Crippen molar-refractivity contribution in [1.82, 2.24) is 15.1 Å². The minimum atomic E-state index is -0.360. The third-order valence-corrected chi connectivity index (χ3v) is 5.10. The third-order valence-electron chi connectivity index (χ3n) is 4.25. The second-order valence-electron chi connectivity index (χ2n) is 6.03. The summed E-state index contributed by atoms with van der Waals surface area (Å²) in [6.07, 6.45) is 5.28. The molecule has 2 amide bonds. The number of fused-ring (bicyclic) bond motifs is 1. The lowest BCUT2D eigenvalue weighted by Gasteiger charge is -2.32. The Bertz CT molecular complexity index is 1010. The van der Waals surface area contributed by atoms with Crippen LogP contribution < -0.4 is 5.32 Å². The van der Waals surface area contributed by atoms with Crippen LogP contribution in [0.1, 0.15) is 30.5 Å². The first-order valence-corrected chi connectivity index (χ1v) is 9.17. The van der Waals surface area contributed by atoms with Gasteiger partial charge in [-0.3, -0.25) is 9.59 Å². The van der Waals surface area contributed by atoms with E-state index in [1.807, 2.05) is 30.3 Å². The van der Waals surface area contributed by atoms with Gasteiger partial charge in [0.2, 0.25) is 16.9 Å². The highest BCUT2D eigenvalue weighted by atomic mass is 32.1. The summed E-state index contributed by atoms with van der Waals surface area (Å²) in [6.45, 7) is 1.49. The number of rotatable bonds is 4. The Balaban J connectivity index is 1.51. The van der Waals surface area contributed by atoms with Crippen LogP contribution in [0, 0.1) is 0 Å². The topological polar surface area (TPSA) is 88.3 Å². The van der Waals surface area contributed by atoms with Crippen molar-refractivity contribution in [2.45, 2.75) is 19.4 Å². The van der Waals surface area contributed by atoms with Gasteiger partial charge in [0.15, 0.2) is 10.8 Å². The molecule has 7 nitrogen and oxygen atoms in total. The van der Waals surface area contributed by atoms with E-state index in [0.717, 1.165) is 11.1 Å². The summed E-state index contributed by atoms with van der Waals surface area (Å²) >= 11 is 1.23. The first-order valence-electron chi connectivity index (χ1n) is 8.35. The molecular weight excluding hydrogens is 364 g/mol. The lowest BCUT2D eigenvalue weighted by atomic mass is 9.93. The fourth-order valence-corrected chi connectivity index (χ4v) is 3.76. The molecule has 27 heavy (non-hydrogen) atoms. The van der Waals surface area contributed by atoms with Crippen LogP contribution in [0.4, 0.5) is 5.13 Å². The number of carbonyl (C=O) groups is 2. The maximum absolute atomic E-state index is 12.6. The van der Waals surface area contributed by atoms with Crippen LogP contribution in [0.3, 0.4) is 0 Å². The number of hydrogen-bond acceptors (Lipinski definition) is 6. The van der Waals surface area contributed by atoms with E-state index >= 15 is 0 Å². The van der Waals surface area contributed by atoms with Gasteiger partial charge >= 0.3 is 0 Å². The standard InChI is InChI=1S/C19H16N4O3S/c1-12(24)23-9-8-13-5-2-3-6-14(13)15(23)11-17(25)20-19-22-21-18(27-19)16-7-4-10-26-16/h2-10,15H,11H2,1H3,(H,20,22,25). The van der Waals surface area contributed by atoms with Crippen molar-refractivity contribution in [2.24, 2.45) is 0 Å². The van der Waals surface area contributed by atoms with Gasteiger partial charge < -0.3 is 14.6 Å². The Hall–Kier alpha value is -3.26. The number of nitrogens with one attached hydrogen (secondary N) is 1. The van der Waals surface area contributed by atoms with Crippen molar-refractivity contribution in [3.8, 4) is 10.8 Å². The smallest absolute Gasteiger partial charge is 0.228 e. The molecule has 1 N–H and O–H groups in total. The molecule has 0 radical (unpaired) electrons. The minimum absolute atomic E-state index is 0.116. The molecule has 3 aromatic rings. The third kappa shape index (κ3) is 3.52. The van der Waals surface area contributed by atoms with Crippen LogP contribution in [0.15, 0.2) is 53.3 Å². The van der Waals surface area contributed by atoms with Gasteiger partial charge in [-0.25, -0.2) is 0 Å². The van der Waals surface area contributed by atoms with E-state index < -0.39 is 0 Å². The Morgan fingerprint density at radius 2 is 2.07 bits per heavy atom. The first-order chi connectivity index (χ1) is 13.1. The van der Waals surface area contributed by atoms with Crippen LogP contribution in [0.25, 0.3) is 16.8 Å². The summed E-state index contributed by atoms with van der Waals surface area (Å²) < 4.78 is 5.28. The molecule has 0 saturated heterocycles. The number of benzene rings is 1. The molecule has 1 aliphatic heterocycles. The molecule has 8 heteroatoms. The number of nitrogens with zero attached hydrogens (tertiary/aromatic N) is 3. The van der Waals surface area contributed by atoms with Gasteiger partial charge in [0, 0.05) is 13.1 Å². The van der Waals surface area contributed by atoms with Crippen LogP contribution in [-0.4, -0.2) is 26.9 Å². The number of anilines is 1. The average molecular weight is 380 g/mol. The van der Waals surface area contributed by atoms with E-state index in [9.17, 15) is 9.59 Å². The molecule has 0 fully saturated rings. The first kappa shape index (κ1) is 17.2. The van der Waals surface area contributed by atoms with E-state index in [1.54, 1.807) is 29.5 Å². The van der Waals surface area contributed by atoms with E-state index in [-0.39, 0.29) is 24.3 Å². The summed E-state index contributed by atoms with van der Waals surface area (Å²) in [5, 5.41) is 11.8. The summed E-state index contributed by atoms with van der Waals surface area (Å²) in [5.41, 5.74) is 1.95. The molecule has 0 bridgehead atoms. The van der Waals surface area contributed by atoms with Gasteiger partial charge in [0.25, 0.3) is 0 Å². The van der Waals surface area contributed by atoms with Crippen LogP contribution >= 0.6 is 11.3 Å². The highest BCUT2D eigenvalue weighted by molar-refractivity contribution is 7.18. The maximum Gasteiger partial charge on any atom is 0.228 e. The fraction of sp³-hybridized carbons (Fsp3) is 0.158. The predicted molar refractivity (Wildman–Crippen MR) is 102 cm³/mol. The van der Waals surface area contributed by atoms with Crippen molar-refractivity contribution in [1.29, 1.82) is 0 Å². The molecule has 1 aliphatic rings. The van der Waals surface area contributed by atoms with Crippen LogP contribution in [0.5, 0.6) is 0 Å². The zero-order chi connectivity index (χ0) is 18.8. The monoisotopic (exact) mass is 380 g/mol. The summed E-state index contributed by atoms with van der Waals surface area (Å²) in [4.78, 5) is 26.2. The number of carbonyl (C=O) groups excluding carboxylic acids is 2. The van der Waals surface area contributed by atoms with Crippen molar-refractivity contribution >= 4 is 34.4 Å². The Morgan fingerprint density at radius 1 is 1.22 bits per heavy atom. The molecule has 2 aromatic heterocycles. The van der Waals surface area contributed by atoms with E-state index in [1.165, 1.54) is 18.3 Å². The van der Waals surface area contributed by atoms with Gasteiger partial charge in [0.05, 0.1) is 18.7 Å². The summed E-state index contributed by atoms with van der Waals surface area (Å²) in [5.74, 6) is 0.246. The largest absolute Gasteiger partial charge is 0.462 e. The van der Waals surface area contributed by atoms with Crippen molar-refractivity contribution in [3.05, 3.63) is 60.0 Å². The SMILES string of the molecule is CC(=O)N1C=Cc2ccccc2C1CC(=O)Nc1nnc(-c2ccco2)s1. The van der Waals surface area contributed by atoms with Gasteiger partial charge in [-0.15, -0.1) is 10.2 Å². The lowest BCUT2D eigenvalue weighted by Crippen LogP contribution is -2.33. The molecule has 1 unspecified atom stereocenters. The van der Waals surface area contributed by atoms with Gasteiger partial charge in [-0.2, -0.15) is 0 Å². The van der Waals surface area contributed by atoms with Gasteiger partial charge in [0.1, 0.15) is 0 Å². The molecule has 136 valence electrons. The Labute approximate surface area is 159 Å². The van der Waals surface area contributed by atoms with E-state index in [2.05, 4.69) is 15.5 Å². The predicted octanol–water partition coefficient (Wildman–Crippen LogP) is 3.70. The number of hydrogen-bond donors (Lipinski definition) is 1. The quantitative estimate of drug-likeness (QED) is 0.745. The number of aromatic nitrogens is 2. The number of amides is 2. The van der Waals surface area contributed by atoms with E-state index in [0.29, 0.717) is 15.9 Å². The zero-order valence-electron chi connectivity index (χ0n) is 14.5. The Kier molecular flexibility index (Phi) is 4.55. The maximum atomic E-state index is 12.6. The van der Waals surface area contributed by atoms with E-state index in [4.69, 9.17) is 4.42 Å². The second kappa shape index (κ2) is 7.16. The number of furan rings is 1. The molecule has 0 aliphatic carbocycles. The van der Waals surface area contributed by atoms with Crippen LogP contribution in [0.2, 0.25) is 0 Å². The highest BCUT2D eigenvalue weighted by Gasteiger charge is 2.28. The molecule has 3 heterocycles. The van der Waals surface area contributed by atoms with Gasteiger partial charge in [-0.1, -0.05) is 35.6 Å². The second-order valence-corrected chi connectivity index (χ2v) is 7.01. The molecule has 4 rings (SSSR count). The van der Waals surface area contributed by atoms with Gasteiger partial charge in [-0.05, 0) is 29.3 Å². The van der Waals surface area contributed by atoms with Crippen LogP contribution in [-0.2, 0) is 9.59 Å². The molecular formula is C19H16N4O3S. The molecule has 0 saturated carbocycles. The molecule has 1 aromatic carbocycles. The lowest BCUT2D eigenvalue weighted by molar-refractivity contribution is -0.129. The van der Waals surface area contributed by atoms with Crippen molar-refractivity contribution in [2.75, 3.05) is 5.32 Å². The Morgan fingerprint density at radius 3 is 2.85 bits per heavy atom. The zero-order valence-corrected chi connectivity index (χ0v) is 15.3. The summed E-state index contributed by atoms with van der Waals surface area (Å²) in [7, 11) is 0. The summed E-state index contributed by atoms with van der Waals surface area (Å²) in [6, 6.07) is 10.9. The minimum Gasteiger partial charge on any atom is -0.462 e. The molecule has 0 spiro atoms. The highest BCUT2D eigenvalue weighted by Crippen LogP contribution is 2.33. The molecule has 1 atom stereocenters. The normalized spacial score (nSPS) is 15.4.